The molecule has 12 nitrogen and oxygen atoms in total. The summed E-state index contributed by atoms with van der Waals surface area (Å²) in [5, 5.41) is 44.4. The van der Waals surface area contributed by atoms with Gasteiger partial charge in [0, 0.05) is 49.6 Å². The topological polar surface area (TPSA) is 176 Å². The fourth-order valence-corrected chi connectivity index (χ4v) is 7.31. The van der Waals surface area contributed by atoms with Crippen molar-refractivity contribution in [2.45, 2.75) is 90.8 Å². The van der Waals surface area contributed by atoms with Gasteiger partial charge in [0.15, 0.2) is 0 Å². The Morgan fingerprint density at radius 1 is 0.617 bits per heavy atom. The third-order valence-electron chi connectivity index (χ3n) is 11.0. The average Bonchev–Trinajstić information content (AvgIpc) is 4.17. The first-order valence-corrected chi connectivity index (χ1v) is 21.2. The Morgan fingerprint density at radius 3 is 1.37 bits per heavy atom. The molecule has 14 heteroatoms. The summed E-state index contributed by atoms with van der Waals surface area (Å²) < 4.78 is 25.0. The van der Waals surface area contributed by atoms with Gasteiger partial charge < -0.3 is 50.0 Å². The molecule has 2 aliphatic rings. The Hall–Kier alpha value is -4.56. The SMILES string of the molecule is Cc1c(COc2cc(OCC3CC3)c(CNC(CCO)C(=O)O)cc2Cl)cccc1-c1cccc(COc2cc(OCC3CC3)c(CNC(CCO)C(=O)O)cc2Cl)c1C. The Bertz CT molecular complexity index is 1970. The van der Waals surface area contributed by atoms with E-state index >= 15 is 0 Å². The number of ether oxygens (including phenoxy) is 4. The summed E-state index contributed by atoms with van der Waals surface area (Å²) in [7, 11) is 0. The normalized spacial score (nSPS) is 14.7. The molecule has 0 saturated heterocycles. The maximum atomic E-state index is 11.7. The Kier molecular flexibility index (Phi) is 16.0. The van der Waals surface area contributed by atoms with E-state index < -0.39 is 24.0 Å². The van der Waals surface area contributed by atoms with Crippen LogP contribution in [0.5, 0.6) is 23.0 Å². The molecule has 0 bridgehead atoms. The molecule has 6 N–H and O–H groups in total. The number of carbonyl (C=O) groups is 2. The molecule has 0 aromatic heterocycles. The van der Waals surface area contributed by atoms with E-state index in [-0.39, 0.29) is 52.4 Å². The Labute approximate surface area is 360 Å². The van der Waals surface area contributed by atoms with E-state index in [4.69, 9.17) is 42.1 Å². The highest BCUT2D eigenvalue weighted by molar-refractivity contribution is 6.32. The minimum Gasteiger partial charge on any atom is -0.493 e. The lowest BCUT2D eigenvalue weighted by Crippen LogP contribution is -2.37. The largest absolute Gasteiger partial charge is 0.493 e. The number of carboxylic acid groups (broad SMARTS) is 2. The van der Waals surface area contributed by atoms with Crippen molar-refractivity contribution in [3.8, 4) is 34.1 Å². The van der Waals surface area contributed by atoms with E-state index in [0.717, 1.165) is 59.1 Å². The van der Waals surface area contributed by atoms with Crippen LogP contribution in [0.15, 0.2) is 60.7 Å². The molecular weight excluding hydrogens is 811 g/mol. The summed E-state index contributed by atoms with van der Waals surface area (Å²) in [6, 6.07) is 17.4. The lowest BCUT2D eigenvalue weighted by molar-refractivity contribution is -0.140. The zero-order valence-corrected chi connectivity index (χ0v) is 35.5. The second kappa shape index (κ2) is 21.3. The molecule has 2 fully saturated rings. The Balaban J connectivity index is 1.16. The summed E-state index contributed by atoms with van der Waals surface area (Å²) >= 11 is 13.5. The van der Waals surface area contributed by atoms with Crippen molar-refractivity contribution in [1.29, 1.82) is 0 Å². The number of rotatable bonds is 25. The highest BCUT2D eigenvalue weighted by Crippen LogP contribution is 2.39. The van der Waals surface area contributed by atoms with Crippen molar-refractivity contribution in [2.24, 2.45) is 11.8 Å². The van der Waals surface area contributed by atoms with Gasteiger partial charge in [0.2, 0.25) is 0 Å². The van der Waals surface area contributed by atoms with Crippen molar-refractivity contribution in [3.05, 3.63) is 104 Å². The predicted molar refractivity (Wildman–Crippen MR) is 229 cm³/mol. The van der Waals surface area contributed by atoms with Crippen LogP contribution in [0.25, 0.3) is 11.1 Å². The predicted octanol–water partition coefficient (Wildman–Crippen LogP) is 7.86. The molecule has 4 aromatic rings. The second-order valence-corrected chi connectivity index (χ2v) is 16.4. The molecule has 322 valence electrons. The lowest BCUT2D eigenvalue weighted by atomic mass is 9.92. The summed E-state index contributed by atoms with van der Waals surface area (Å²) in [4.78, 5) is 23.3. The fraction of sp³-hybridized carbons (Fsp3) is 0.435. The number of hydrogen-bond donors (Lipinski definition) is 6. The van der Waals surface area contributed by atoms with Crippen LogP contribution in [0.2, 0.25) is 10.0 Å². The number of carboxylic acids is 2. The van der Waals surface area contributed by atoms with Crippen LogP contribution in [-0.2, 0) is 35.9 Å². The minimum atomic E-state index is -1.04. The molecule has 6 rings (SSSR count). The van der Waals surface area contributed by atoms with E-state index in [1.807, 2.05) is 24.3 Å². The first-order chi connectivity index (χ1) is 28.9. The molecule has 60 heavy (non-hydrogen) atoms. The molecule has 0 radical (unpaired) electrons. The van der Waals surface area contributed by atoms with Gasteiger partial charge in [0.05, 0.1) is 23.3 Å². The van der Waals surface area contributed by atoms with Gasteiger partial charge in [-0.3, -0.25) is 9.59 Å². The van der Waals surface area contributed by atoms with Crippen LogP contribution < -0.4 is 29.6 Å². The molecule has 0 heterocycles. The van der Waals surface area contributed by atoms with Crippen LogP contribution in [-0.4, -0.2) is 70.9 Å². The van der Waals surface area contributed by atoms with Gasteiger partial charge in [0.1, 0.15) is 48.3 Å². The summed E-state index contributed by atoms with van der Waals surface area (Å²) in [6.07, 6.45) is 4.58. The highest BCUT2D eigenvalue weighted by atomic mass is 35.5. The lowest BCUT2D eigenvalue weighted by Gasteiger charge is -2.19. The van der Waals surface area contributed by atoms with Gasteiger partial charge in [-0.15, -0.1) is 0 Å². The molecule has 2 aliphatic carbocycles. The van der Waals surface area contributed by atoms with Crippen LogP contribution in [0.4, 0.5) is 0 Å². The second-order valence-electron chi connectivity index (χ2n) is 15.6. The maximum Gasteiger partial charge on any atom is 0.320 e. The smallest absolute Gasteiger partial charge is 0.320 e. The molecule has 0 amide bonds. The van der Waals surface area contributed by atoms with Crippen molar-refractivity contribution >= 4 is 35.1 Å². The van der Waals surface area contributed by atoms with Crippen molar-refractivity contribution < 1.29 is 49.0 Å². The minimum absolute atomic E-state index is 0.0747. The molecule has 0 aliphatic heterocycles. The van der Waals surface area contributed by atoms with E-state index in [1.165, 1.54) is 0 Å². The number of benzene rings is 4. The van der Waals surface area contributed by atoms with E-state index in [1.54, 1.807) is 24.3 Å². The quantitative estimate of drug-likeness (QED) is 0.0381. The van der Waals surface area contributed by atoms with E-state index in [2.05, 4.69) is 36.6 Å². The van der Waals surface area contributed by atoms with E-state index in [0.29, 0.717) is 69.2 Å². The zero-order valence-electron chi connectivity index (χ0n) is 34.0. The molecular formula is C46H54Cl2N2O10. The van der Waals surface area contributed by atoms with Crippen LogP contribution in [0.3, 0.4) is 0 Å². The van der Waals surface area contributed by atoms with Crippen LogP contribution in [0, 0.1) is 25.7 Å². The molecule has 2 unspecified atom stereocenters. The van der Waals surface area contributed by atoms with Crippen molar-refractivity contribution in [3.63, 3.8) is 0 Å². The Morgan fingerprint density at radius 2 is 1.02 bits per heavy atom. The highest BCUT2D eigenvalue weighted by Gasteiger charge is 2.25. The van der Waals surface area contributed by atoms with Crippen molar-refractivity contribution in [1.82, 2.24) is 10.6 Å². The number of halogens is 2. The first-order valence-electron chi connectivity index (χ1n) is 20.4. The first kappa shape index (κ1) is 45.0. The summed E-state index contributed by atoms with van der Waals surface area (Å²) in [6.45, 7) is 5.58. The standard InChI is InChI=1S/C46H54Cl2N2O10/c1-27-31(25-59-43-19-41(57-23-29-9-10-29)33(17-37(43)47)21-49-39(13-15-51)45(53)54)5-3-7-35(27)36-8-4-6-32(28(36)2)26-60-44-20-42(58-24-30-11-12-30)34(18-38(44)48)22-50-40(14-16-52)46(55)56/h3-8,17-20,29-30,39-40,49-52H,9-16,21-26H2,1-2H3,(H,53,54)(H,55,56). The number of aliphatic carboxylic acids is 2. The third-order valence-corrected chi connectivity index (χ3v) is 11.6. The van der Waals surface area contributed by atoms with Gasteiger partial charge in [0.25, 0.3) is 0 Å². The zero-order chi connectivity index (χ0) is 42.8. The molecule has 2 atom stereocenters. The van der Waals surface area contributed by atoms with Crippen LogP contribution >= 0.6 is 23.2 Å². The fourth-order valence-electron chi connectivity index (χ4n) is 6.83. The van der Waals surface area contributed by atoms with Crippen LogP contribution in [0.1, 0.15) is 71.9 Å². The van der Waals surface area contributed by atoms with Gasteiger partial charge in [-0.05, 0) is 110 Å². The molecule has 0 spiro atoms. The number of aliphatic hydroxyl groups excluding tert-OH is 2. The maximum absolute atomic E-state index is 11.7. The number of aliphatic hydroxyl groups is 2. The van der Waals surface area contributed by atoms with Crippen molar-refractivity contribution in [2.75, 3.05) is 26.4 Å². The molecule has 2 saturated carbocycles. The van der Waals surface area contributed by atoms with Gasteiger partial charge >= 0.3 is 11.9 Å². The molecule has 4 aromatic carbocycles. The van der Waals surface area contributed by atoms with E-state index in [9.17, 15) is 30.0 Å². The average molecular weight is 866 g/mol. The monoisotopic (exact) mass is 864 g/mol. The van der Waals surface area contributed by atoms with Gasteiger partial charge in [-0.2, -0.15) is 0 Å². The summed E-state index contributed by atoms with van der Waals surface area (Å²) in [5.41, 5.74) is 7.50. The van der Waals surface area contributed by atoms with Gasteiger partial charge in [-0.1, -0.05) is 59.6 Å². The number of nitrogens with one attached hydrogen (secondary N) is 2. The number of hydrogen-bond acceptors (Lipinski definition) is 10. The van der Waals surface area contributed by atoms with Gasteiger partial charge in [-0.25, -0.2) is 0 Å². The summed E-state index contributed by atoms with van der Waals surface area (Å²) in [5.74, 6) is 0.944. The third kappa shape index (κ3) is 12.3.